The molecule has 0 radical (unpaired) electrons. The first-order valence-electron chi connectivity index (χ1n) is 8.19. The SMILES string of the molecule is CC(=O)N1CCCN(Cc2cc(Cl)c3c(c2)OCCCO3)CC1. The quantitative estimate of drug-likeness (QED) is 0.831. The van der Waals surface area contributed by atoms with Crippen LogP contribution in [0, 0.1) is 0 Å². The molecule has 0 saturated carbocycles. The van der Waals surface area contributed by atoms with E-state index in [9.17, 15) is 4.79 Å². The van der Waals surface area contributed by atoms with Crippen LogP contribution in [0.4, 0.5) is 0 Å². The number of nitrogens with zero attached hydrogens (tertiary/aromatic N) is 2. The highest BCUT2D eigenvalue weighted by Crippen LogP contribution is 2.38. The molecule has 2 aliphatic rings. The minimum Gasteiger partial charge on any atom is -0.489 e. The fraction of sp³-hybridized carbons (Fsp3) is 0.588. The molecule has 1 saturated heterocycles. The van der Waals surface area contributed by atoms with Gasteiger partial charge < -0.3 is 14.4 Å². The van der Waals surface area contributed by atoms with Crippen molar-refractivity contribution in [3.63, 3.8) is 0 Å². The van der Waals surface area contributed by atoms with E-state index in [0.717, 1.165) is 56.9 Å². The summed E-state index contributed by atoms with van der Waals surface area (Å²) in [4.78, 5) is 15.8. The molecule has 23 heavy (non-hydrogen) atoms. The van der Waals surface area contributed by atoms with E-state index >= 15 is 0 Å². The Kier molecular flexibility index (Phi) is 5.28. The Hall–Kier alpha value is -1.46. The predicted octanol–water partition coefficient (Wildman–Crippen LogP) is 2.56. The number of carbonyl (C=O) groups excluding carboxylic acids is 1. The molecule has 5 nitrogen and oxygen atoms in total. The summed E-state index contributed by atoms with van der Waals surface area (Å²) in [5.74, 6) is 1.56. The molecular formula is C17H23ClN2O3. The van der Waals surface area contributed by atoms with Gasteiger partial charge in [0.05, 0.1) is 18.2 Å². The molecular weight excluding hydrogens is 316 g/mol. The molecule has 2 aliphatic heterocycles. The molecule has 1 amide bonds. The second-order valence-corrected chi connectivity index (χ2v) is 6.50. The van der Waals surface area contributed by atoms with Crippen molar-refractivity contribution in [1.29, 1.82) is 0 Å². The molecule has 0 spiro atoms. The number of fused-ring (bicyclic) bond motifs is 1. The molecule has 0 N–H and O–H groups in total. The maximum atomic E-state index is 11.5. The van der Waals surface area contributed by atoms with E-state index in [2.05, 4.69) is 4.90 Å². The number of halogens is 1. The highest BCUT2D eigenvalue weighted by atomic mass is 35.5. The zero-order chi connectivity index (χ0) is 16.2. The van der Waals surface area contributed by atoms with Crippen LogP contribution in [0.3, 0.4) is 0 Å². The lowest BCUT2D eigenvalue weighted by Gasteiger charge is -2.22. The summed E-state index contributed by atoms with van der Waals surface area (Å²) >= 11 is 6.36. The van der Waals surface area contributed by atoms with Crippen LogP contribution >= 0.6 is 11.6 Å². The zero-order valence-corrected chi connectivity index (χ0v) is 14.3. The number of benzene rings is 1. The van der Waals surface area contributed by atoms with Crippen LogP contribution in [0.15, 0.2) is 12.1 Å². The van der Waals surface area contributed by atoms with Gasteiger partial charge in [-0.25, -0.2) is 0 Å². The Balaban J connectivity index is 1.69. The monoisotopic (exact) mass is 338 g/mol. The third-order valence-electron chi connectivity index (χ3n) is 4.30. The third-order valence-corrected chi connectivity index (χ3v) is 4.58. The summed E-state index contributed by atoms with van der Waals surface area (Å²) in [5.41, 5.74) is 1.12. The van der Waals surface area contributed by atoms with E-state index in [1.165, 1.54) is 0 Å². The Labute approximate surface area is 142 Å². The van der Waals surface area contributed by atoms with Gasteiger partial charge in [0.1, 0.15) is 0 Å². The van der Waals surface area contributed by atoms with Gasteiger partial charge in [-0.05, 0) is 24.1 Å². The molecule has 1 aromatic carbocycles. The van der Waals surface area contributed by atoms with Crippen LogP contribution in [-0.4, -0.2) is 55.1 Å². The number of hydrogen-bond donors (Lipinski definition) is 0. The van der Waals surface area contributed by atoms with Gasteiger partial charge in [-0.2, -0.15) is 0 Å². The van der Waals surface area contributed by atoms with Gasteiger partial charge in [-0.15, -0.1) is 0 Å². The Morgan fingerprint density at radius 3 is 2.78 bits per heavy atom. The van der Waals surface area contributed by atoms with Gasteiger partial charge in [-0.1, -0.05) is 11.6 Å². The summed E-state index contributed by atoms with van der Waals surface area (Å²) in [6, 6.07) is 3.99. The van der Waals surface area contributed by atoms with Gasteiger partial charge in [0, 0.05) is 46.1 Å². The number of rotatable bonds is 2. The standard InChI is InChI=1S/C17H23ClN2O3/c1-13(21)20-5-2-4-19(6-7-20)12-14-10-15(18)17-16(11-14)22-8-3-9-23-17/h10-11H,2-9,12H2,1H3. The van der Waals surface area contributed by atoms with E-state index in [-0.39, 0.29) is 5.91 Å². The molecule has 126 valence electrons. The van der Waals surface area contributed by atoms with Crippen molar-refractivity contribution in [3.05, 3.63) is 22.7 Å². The minimum atomic E-state index is 0.158. The van der Waals surface area contributed by atoms with E-state index in [1.807, 2.05) is 17.0 Å². The van der Waals surface area contributed by atoms with Crippen molar-refractivity contribution >= 4 is 17.5 Å². The molecule has 0 atom stereocenters. The summed E-state index contributed by atoms with van der Waals surface area (Å²) in [5, 5.41) is 0.611. The van der Waals surface area contributed by atoms with Gasteiger partial charge in [0.25, 0.3) is 0 Å². The Bertz CT molecular complexity index is 579. The van der Waals surface area contributed by atoms with Crippen molar-refractivity contribution in [2.75, 3.05) is 39.4 Å². The van der Waals surface area contributed by atoms with E-state index < -0.39 is 0 Å². The van der Waals surface area contributed by atoms with Crippen molar-refractivity contribution in [2.24, 2.45) is 0 Å². The highest BCUT2D eigenvalue weighted by molar-refractivity contribution is 6.32. The maximum Gasteiger partial charge on any atom is 0.219 e. The van der Waals surface area contributed by atoms with Crippen LogP contribution in [0.1, 0.15) is 25.3 Å². The number of hydrogen-bond acceptors (Lipinski definition) is 4. The average Bonchev–Trinajstić information content (AvgIpc) is 2.88. The molecule has 1 fully saturated rings. The fourth-order valence-electron chi connectivity index (χ4n) is 3.08. The van der Waals surface area contributed by atoms with Gasteiger partial charge >= 0.3 is 0 Å². The van der Waals surface area contributed by atoms with Crippen LogP contribution in [0.25, 0.3) is 0 Å². The molecule has 0 unspecified atom stereocenters. The molecule has 0 aliphatic carbocycles. The van der Waals surface area contributed by atoms with Crippen LogP contribution in [0.2, 0.25) is 5.02 Å². The number of carbonyl (C=O) groups is 1. The number of ether oxygens (including phenoxy) is 2. The molecule has 3 rings (SSSR count). The smallest absolute Gasteiger partial charge is 0.219 e. The van der Waals surface area contributed by atoms with Crippen LogP contribution < -0.4 is 9.47 Å². The van der Waals surface area contributed by atoms with Crippen molar-refractivity contribution in [2.45, 2.75) is 26.3 Å². The minimum absolute atomic E-state index is 0.158. The van der Waals surface area contributed by atoms with Crippen molar-refractivity contribution in [1.82, 2.24) is 9.80 Å². The second kappa shape index (κ2) is 7.41. The first-order chi connectivity index (χ1) is 11.1. The normalized spacial score (nSPS) is 19.1. The fourth-order valence-corrected chi connectivity index (χ4v) is 3.37. The highest BCUT2D eigenvalue weighted by Gasteiger charge is 2.19. The second-order valence-electron chi connectivity index (χ2n) is 6.09. The Morgan fingerprint density at radius 2 is 1.96 bits per heavy atom. The predicted molar refractivity (Wildman–Crippen MR) is 89.2 cm³/mol. The van der Waals surface area contributed by atoms with Gasteiger partial charge in [-0.3, -0.25) is 9.69 Å². The van der Waals surface area contributed by atoms with Crippen LogP contribution in [0.5, 0.6) is 11.5 Å². The zero-order valence-electron chi connectivity index (χ0n) is 13.5. The third kappa shape index (κ3) is 4.09. The van der Waals surface area contributed by atoms with E-state index in [1.54, 1.807) is 6.92 Å². The number of amides is 1. The topological polar surface area (TPSA) is 42.0 Å². The lowest BCUT2D eigenvalue weighted by molar-refractivity contribution is -0.128. The summed E-state index contributed by atoms with van der Waals surface area (Å²) in [6.45, 7) is 7.23. The van der Waals surface area contributed by atoms with Crippen molar-refractivity contribution < 1.29 is 14.3 Å². The average molecular weight is 339 g/mol. The first-order valence-corrected chi connectivity index (χ1v) is 8.57. The van der Waals surface area contributed by atoms with Gasteiger partial charge in [0.2, 0.25) is 5.91 Å². The molecule has 0 bridgehead atoms. The lowest BCUT2D eigenvalue weighted by Crippen LogP contribution is -2.33. The molecule has 6 heteroatoms. The largest absolute Gasteiger partial charge is 0.489 e. The Morgan fingerprint density at radius 1 is 1.13 bits per heavy atom. The van der Waals surface area contributed by atoms with Crippen LogP contribution in [-0.2, 0) is 11.3 Å². The molecule has 1 aromatic rings. The van der Waals surface area contributed by atoms with E-state index in [0.29, 0.717) is 24.0 Å². The van der Waals surface area contributed by atoms with E-state index in [4.69, 9.17) is 21.1 Å². The summed E-state index contributed by atoms with van der Waals surface area (Å²) in [7, 11) is 0. The lowest BCUT2D eigenvalue weighted by atomic mass is 10.2. The summed E-state index contributed by atoms with van der Waals surface area (Å²) < 4.78 is 11.4. The molecule has 2 heterocycles. The van der Waals surface area contributed by atoms with Gasteiger partial charge in [0.15, 0.2) is 11.5 Å². The summed E-state index contributed by atoms with van der Waals surface area (Å²) in [6.07, 6.45) is 1.87. The maximum absolute atomic E-state index is 11.5. The first kappa shape index (κ1) is 16.4. The van der Waals surface area contributed by atoms with Crippen molar-refractivity contribution in [3.8, 4) is 11.5 Å². The molecule has 0 aromatic heterocycles.